The van der Waals surface area contributed by atoms with Gasteiger partial charge in [0, 0.05) is 15.3 Å². The largest absolute Gasteiger partial charge is 0.508 e. The monoisotopic (exact) mass is 384 g/mol. The second-order valence-corrected chi connectivity index (χ2v) is 5.17. The van der Waals surface area contributed by atoms with Gasteiger partial charge in [0.05, 0.1) is 4.92 Å². The third-order valence-corrected chi connectivity index (χ3v) is 3.17. The molecule has 0 bridgehead atoms. The minimum atomic E-state index is -0.664. The Kier molecular flexibility index (Phi) is 4.18. The van der Waals surface area contributed by atoms with Crippen LogP contribution in [0.15, 0.2) is 42.5 Å². The van der Waals surface area contributed by atoms with Crippen molar-refractivity contribution in [3.05, 3.63) is 61.7 Å². The summed E-state index contributed by atoms with van der Waals surface area (Å²) < 4.78 is 0.922. The van der Waals surface area contributed by atoms with Gasteiger partial charge in [0.25, 0.3) is 11.6 Å². The maximum absolute atomic E-state index is 12.1. The number of nitro groups is 1. The van der Waals surface area contributed by atoms with Gasteiger partial charge in [-0.2, -0.15) is 0 Å². The Bertz CT molecular complexity index is 688. The minimum Gasteiger partial charge on any atom is -0.508 e. The van der Waals surface area contributed by atoms with E-state index in [2.05, 4.69) is 27.9 Å². The summed E-state index contributed by atoms with van der Waals surface area (Å²) in [6.45, 7) is 0. The topological polar surface area (TPSA) is 92.5 Å². The van der Waals surface area contributed by atoms with Crippen LogP contribution in [-0.4, -0.2) is 15.9 Å². The van der Waals surface area contributed by atoms with Gasteiger partial charge < -0.3 is 10.4 Å². The molecule has 0 atom stereocenters. The number of phenolic OH excluding ortho intramolecular Hbond substituents is 1. The normalized spacial score (nSPS) is 10.1. The lowest BCUT2D eigenvalue weighted by atomic mass is 10.1. The highest BCUT2D eigenvalue weighted by molar-refractivity contribution is 14.1. The lowest BCUT2D eigenvalue weighted by molar-refractivity contribution is -0.385. The number of anilines is 1. The van der Waals surface area contributed by atoms with Crippen molar-refractivity contribution in [3.63, 3.8) is 0 Å². The standard InChI is InChI=1S/C13H9IN2O4/c14-8-2-1-3-9(6-8)15-13(18)11-7-10(17)4-5-12(11)16(19)20/h1-7,17H,(H,15,18). The van der Waals surface area contributed by atoms with Crippen LogP contribution >= 0.6 is 22.6 Å². The highest BCUT2D eigenvalue weighted by Gasteiger charge is 2.20. The quantitative estimate of drug-likeness (QED) is 0.483. The third-order valence-electron chi connectivity index (χ3n) is 2.50. The number of nitrogens with one attached hydrogen (secondary N) is 1. The summed E-state index contributed by atoms with van der Waals surface area (Å²) in [4.78, 5) is 22.3. The first-order valence-electron chi connectivity index (χ1n) is 5.51. The number of phenols is 1. The molecule has 2 rings (SSSR count). The van der Waals surface area contributed by atoms with E-state index in [-0.39, 0.29) is 17.0 Å². The maximum atomic E-state index is 12.1. The number of nitro benzene ring substituents is 1. The Morgan fingerprint density at radius 2 is 2.00 bits per heavy atom. The molecule has 0 aromatic heterocycles. The van der Waals surface area contributed by atoms with Gasteiger partial charge in [-0.15, -0.1) is 0 Å². The van der Waals surface area contributed by atoms with Gasteiger partial charge in [-0.3, -0.25) is 14.9 Å². The highest BCUT2D eigenvalue weighted by Crippen LogP contribution is 2.24. The van der Waals surface area contributed by atoms with E-state index in [9.17, 15) is 20.0 Å². The minimum absolute atomic E-state index is 0.186. The van der Waals surface area contributed by atoms with Crippen molar-refractivity contribution in [3.8, 4) is 5.75 Å². The summed E-state index contributed by atoms with van der Waals surface area (Å²) in [5.41, 5.74) is -0.0145. The predicted octanol–water partition coefficient (Wildman–Crippen LogP) is 3.16. The van der Waals surface area contributed by atoms with Gasteiger partial charge in [0.15, 0.2) is 0 Å². The molecule has 2 aromatic rings. The van der Waals surface area contributed by atoms with Crippen molar-refractivity contribution in [1.29, 1.82) is 0 Å². The van der Waals surface area contributed by atoms with Crippen molar-refractivity contribution in [2.75, 3.05) is 5.32 Å². The fourth-order valence-corrected chi connectivity index (χ4v) is 2.17. The van der Waals surface area contributed by atoms with E-state index in [4.69, 9.17) is 0 Å². The number of carbonyl (C=O) groups excluding carboxylic acids is 1. The van der Waals surface area contributed by atoms with Gasteiger partial charge >= 0.3 is 0 Å². The zero-order valence-electron chi connectivity index (χ0n) is 10.0. The van der Waals surface area contributed by atoms with E-state index in [1.165, 1.54) is 6.07 Å². The highest BCUT2D eigenvalue weighted by atomic mass is 127. The molecule has 2 N–H and O–H groups in total. The van der Waals surface area contributed by atoms with Crippen LogP contribution in [0.4, 0.5) is 11.4 Å². The van der Waals surface area contributed by atoms with E-state index >= 15 is 0 Å². The van der Waals surface area contributed by atoms with Crippen LogP contribution in [0.3, 0.4) is 0 Å². The number of nitrogens with zero attached hydrogens (tertiary/aromatic N) is 1. The molecule has 0 radical (unpaired) electrons. The van der Waals surface area contributed by atoms with Gasteiger partial charge in [-0.05, 0) is 52.9 Å². The van der Waals surface area contributed by atoms with Gasteiger partial charge in [0.1, 0.15) is 11.3 Å². The molecule has 0 fully saturated rings. The SMILES string of the molecule is O=C(Nc1cccc(I)c1)c1cc(O)ccc1[N+](=O)[O-]. The Labute approximate surface area is 127 Å². The van der Waals surface area contributed by atoms with Crippen molar-refractivity contribution in [2.24, 2.45) is 0 Å². The number of halogens is 1. The Balaban J connectivity index is 2.34. The molecule has 0 unspecified atom stereocenters. The number of hydrogen-bond acceptors (Lipinski definition) is 4. The molecule has 7 heteroatoms. The summed E-state index contributed by atoms with van der Waals surface area (Å²) in [5.74, 6) is -0.849. The number of carbonyl (C=O) groups is 1. The van der Waals surface area contributed by atoms with Crippen LogP contribution in [0.5, 0.6) is 5.75 Å². The van der Waals surface area contributed by atoms with Gasteiger partial charge in [0.2, 0.25) is 0 Å². The summed E-state index contributed by atoms with van der Waals surface area (Å²) >= 11 is 2.09. The van der Waals surface area contributed by atoms with Crippen molar-refractivity contribution >= 4 is 39.9 Å². The molecule has 0 heterocycles. The second-order valence-electron chi connectivity index (χ2n) is 3.92. The molecule has 1 amide bonds. The van der Waals surface area contributed by atoms with Crippen LogP contribution in [0.25, 0.3) is 0 Å². The number of benzene rings is 2. The van der Waals surface area contributed by atoms with E-state index in [1.807, 2.05) is 6.07 Å². The molecule has 20 heavy (non-hydrogen) atoms. The maximum Gasteiger partial charge on any atom is 0.282 e. The summed E-state index contributed by atoms with van der Waals surface area (Å²) in [6, 6.07) is 10.4. The predicted molar refractivity (Wildman–Crippen MR) is 81.9 cm³/mol. The molecule has 0 spiro atoms. The lowest BCUT2D eigenvalue weighted by Gasteiger charge is -2.06. The van der Waals surface area contributed by atoms with Crippen LogP contribution in [0, 0.1) is 13.7 Å². The lowest BCUT2D eigenvalue weighted by Crippen LogP contribution is -2.14. The first kappa shape index (κ1) is 14.3. The zero-order chi connectivity index (χ0) is 14.7. The van der Waals surface area contributed by atoms with Gasteiger partial charge in [-0.25, -0.2) is 0 Å². The molecule has 0 aliphatic heterocycles. The average molecular weight is 384 g/mol. The molecular weight excluding hydrogens is 375 g/mol. The van der Waals surface area contributed by atoms with E-state index < -0.39 is 10.8 Å². The van der Waals surface area contributed by atoms with E-state index in [0.717, 1.165) is 15.7 Å². The summed E-state index contributed by atoms with van der Waals surface area (Å²) in [7, 11) is 0. The third kappa shape index (κ3) is 3.23. The van der Waals surface area contributed by atoms with E-state index in [1.54, 1.807) is 18.2 Å². The van der Waals surface area contributed by atoms with Crippen LogP contribution in [-0.2, 0) is 0 Å². The second kappa shape index (κ2) is 5.87. The fourth-order valence-electron chi connectivity index (χ4n) is 1.63. The van der Waals surface area contributed by atoms with E-state index in [0.29, 0.717) is 5.69 Å². The number of aromatic hydroxyl groups is 1. The van der Waals surface area contributed by atoms with Gasteiger partial charge in [-0.1, -0.05) is 6.07 Å². The number of rotatable bonds is 3. The Morgan fingerprint density at radius 1 is 1.25 bits per heavy atom. The summed E-state index contributed by atoms with van der Waals surface area (Å²) in [5, 5.41) is 22.8. The average Bonchev–Trinajstić information content (AvgIpc) is 2.38. The summed E-state index contributed by atoms with van der Waals surface area (Å²) in [6.07, 6.45) is 0. The molecule has 102 valence electrons. The molecule has 0 saturated carbocycles. The first-order chi connectivity index (χ1) is 9.47. The fraction of sp³-hybridized carbons (Fsp3) is 0. The Morgan fingerprint density at radius 3 is 2.65 bits per heavy atom. The molecule has 0 aliphatic carbocycles. The molecule has 6 nitrogen and oxygen atoms in total. The number of amides is 1. The zero-order valence-corrected chi connectivity index (χ0v) is 12.2. The van der Waals surface area contributed by atoms with Crippen molar-refractivity contribution < 1.29 is 14.8 Å². The van der Waals surface area contributed by atoms with Crippen molar-refractivity contribution in [1.82, 2.24) is 0 Å². The molecule has 0 saturated heterocycles. The van der Waals surface area contributed by atoms with Crippen molar-refractivity contribution in [2.45, 2.75) is 0 Å². The van der Waals surface area contributed by atoms with Crippen LogP contribution in [0.1, 0.15) is 10.4 Å². The molecule has 2 aromatic carbocycles. The number of hydrogen-bond donors (Lipinski definition) is 2. The smallest absolute Gasteiger partial charge is 0.282 e. The first-order valence-corrected chi connectivity index (χ1v) is 6.59. The van der Waals surface area contributed by atoms with Crippen LogP contribution in [0.2, 0.25) is 0 Å². The molecule has 0 aliphatic rings. The molecular formula is C13H9IN2O4. The van der Waals surface area contributed by atoms with Crippen LogP contribution < -0.4 is 5.32 Å². The Hall–Kier alpha value is -2.16.